The summed E-state index contributed by atoms with van der Waals surface area (Å²) >= 11 is 0. The van der Waals surface area contributed by atoms with Crippen LogP contribution in [0.15, 0.2) is 0 Å². The first kappa shape index (κ1) is 23.9. The molecule has 1 atom stereocenters. The molecule has 146 valence electrons. The predicted molar refractivity (Wildman–Crippen MR) is 98.3 cm³/mol. The molecule has 0 fully saturated rings. The van der Waals surface area contributed by atoms with E-state index in [-0.39, 0.29) is 0 Å². The van der Waals surface area contributed by atoms with Gasteiger partial charge < -0.3 is 33.3 Å². The number of ether oxygens (including phenoxy) is 3. The zero-order chi connectivity index (χ0) is 18.3. The first-order valence-electron chi connectivity index (χ1n) is 9.01. The fourth-order valence-electron chi connectivity index (χ4n) is 2.18. The molecule has 0 radical (unpaired) electrons. The molecule has 1 unspecified atom stereocenters. The van der Waals surface area contributed by atoms with E-state index in [1.165, 1.54) is 0 Å². The summed E-state index contributed by atoms with van der Waals surface area (Å²) in [6, 6.07) is 0.867. The first-order valence-corrected chi connectivity index (χ1v) is 10.8. The molecule has 1 N–H and O–H groups in total. The lowest BCUT2D eigenvalue weighted by Gasteiger charge is -2.33. The summed E-state index contributed by atoms with van der Waals surface area (Å²) in [6.07, 6.45) is 0.716. The molecule has 0 heterocycles. The highest BCUT2D eigenvalue weighted by Gasteiger charge is 2.38. The van der Waals surface area contributed by atoms with Crippen LogP contribution in [-0.4, -0.2) is 81.0 Å². The Morgan fingerprint density at radius 2 is 1.46 bits per heavy atom. The lowest BCUT2D eigenvalue weighted by Crippen LogP contribution is -2.47. The number of hydrogen-bond donors (Lipinski definition) is 1. The van der Waals surface area contributed by atoms with Crippen LogP contribution in [0.25, 0.3) is 0 Å². The fourth-order valence-corrected chi connectivity index (χ4v) is 3.70. The SMILES string of the molecule is CCOC(OCC)(OCC)O[SiH](CCCNCCCN(C)C)OC. The molecule has 8 heteroatoms. The fraction of sp³-hybridized carbons (Fsp3) is 1.00. The molecule has 0 aliphatic heterocycles. The van der Waals surface area contributed by atoms with Gasteiger partial charge in [0.15, 0.2) is 0 Å². The average molecular weight is 367 g/mol. The Bertz CT molecular complexity index is 268. The summed E-state index contributed by atoms with van der Waals surface area (Å²) in [5.41, 5.74) is 0. The number of rotatable bonds is 17. The second kappa shape index (κ2) is 15.2. The molecule has 0 rings (SSSR count). The molecular formula is C16H38N2O5Si. The Morgan fingerprint density at radius 3 is 1.92 bits per heavy atom. The molecular weight excluding hydrogens is 328 g/mol. The highest BCUT2D eigenvalue weighted by atomic mass is 28.3. The highest BCUT2D eigenvalue weighted by Crippen LogP contribution is 2.20. The molecule has 0 aliphatic rings. The van der Waals surface area contributed by atoms with Crippen LogP contribution in [0.4, 0.5) is 0 Å². The van der Waals surface area contributed by atoms with Crippen molar-refractivity contribution in [1.29, 1.82) is 0 Å². The normalized spacial score (nSPS) is 13.6. The Labute approximate surface area is 149 Å². The summed E-state index contributed by atoms with van der Waals surface area (Å²) in [5, 5.41) is 3.45. The van der Waals surface area contributed by atoms with Gasteiger partial charge in [-0.05, 0) is 73.4 Å². The van der Waals surface area contributed by atoms with E-state index in [4.69, 9.17) is 23.1 Å². The van der Waals surface area contributed by atoms with Gasteiger partial charge in [-0.2, -0.15) is 0 Å². The van der Waals surface area contributed by atoms with Gasteiger partial charge in [0.05, 0.1) is 19.8 Å². The molecule has 0 spiro atoms. The average Bonchev–Trinajstić information content (AvgIpc) is 2.53. The topological polar surface area (TPSA) is 61.4 Å². The zero-order valence-corrected chi connectivity index (χ0v) is 17.6. The van der Waals surface area contributed by atoms with Gasteiger partial charge in [-0.3, -0.25) is 0 Å². The Kier molecular flexibility index (Phi) is 15.2. The van der Waals surface area contributed by atoms with E-state index in [1.54, 1.807) is 7.11 Å². The monoisotopic (exact) mass is 366 g/mol. The van der Waals surface area contributed by atoms with E-state index in [9.17, 15) is 0 Å². The third kappa shape index (κ3) is 11.5. The third-order valence-electron chi connectivity index (χ3n) is 3.25. The smallest absolute Gasteiger partial charge is 0.400 e. The summed E-state index contributed by atoms with van der Waals surface area (Å²) in [4.78, 5) is 2.19. The van der Waals surface area contributed by atoms with Gasteiger partial charge in [-0.15, -0.1) is 0 Å². The van der Waals surface area contributed by atoms with Gasteiger partial charge in [0, 0.05) is 7.11 Å². The first-order chi connectivity index (χ1) is 11.5. The minimum atomic E-state index is -1.93. The van der Waals surface area contributed by atoms with E-state index in [0.717, 1.165) is 38.5 Å². The lowest BCUT2D eigenvalue weighted by molar-refractivity contribution is -0.473. The van der Waals surface area contributed by atoms with Crippen LogP contribution >= 0.6 is 0 Å². The van der Waals surface area contributed by atoms with E-state index in [0.29, 0.717) is 19.8 Å². The van der Waals surface area contributed by atoms with E-state index in [2.05, 4.69) is 24.3 Å². The van der Waals surface area contributed by atoms with Crippen molar-refractivity contribution in [3.63, 3.8) is 0 Å². The van der Waals surface area contributed by atoms with Gasteiger partial charge in [0.25, 0.3) is 0 Å². The lowest BCUT2D eigenvalue weighted by atomic mass is 10.4. The van der Waals surface area contributed by atoms with Gasteiger partial charge >= 0.3 is 15.4 Å². The van der Waals surface area contributed by atoms with Crippen LogP contribution < -0.4 is 5.32 Å². The summed E-state index contributed by atoms with van der Waals surface area (Å²) < 4.78 is 28.3. The number of hydrogen-bond acceptors (Lipinski definition) is 7. The van der Waals surface area contributed by atoms with Crippen LogP contribution in [0.2, 0.25) is 6.04 Å². The van der Waals surface area contributed by atoms with E-state index < -0.39 is 15.4 Å². The summed E-state index contributed by atoms with van der Waals surface area (Å²) in [5.74, 6) is 0. The minimum Gasteiger partial charge on any atom is -0.400 e. The maximum atomic E-state index is 5.98. The van der Waals surface area contributed by atoms with Crippen molar-refractivity contribution in [2.45, 2.75) is 45.8 Å². The van der Waals surface area contributed by atoms with Crippen LogP contribution in [0.1, 0.15) is 33.6 Å². The van der Waals surface area contributed by atoms with Crippen LogP contribution in [-0.2, 0) is 23.1 Å². The molecule has 0 amide bonds. The molecule has 0 aromatic rings. The molecule has 24 heavy (non-hydrogen) atoms. The van der Waals surface area contributed by atoms with E-state index >= 15 is 0 Å². The summed E-state index contributed by atoms with van der Waals surface area (Å²) in [6.45, 7) is 10.1. The molecule has 0 aromatic carbocycles. The van der Waals surface area contributed by atoms with Crippen molar-refractivity contribution in [2.75, 3.05) is 60.7 Å². The standard InChI is InChI=1S/C16H38N2O5Si/c1-7-20-16(21-8-2,22-9-3)23-24(19-6)15-11-13-17-12-10-14-18(4)5/h17,24H,7-15H2,1-6H3. The quantitative estimate of drug-likeness (QED) is 0.238. The van der Waals surface area contributed by atoms with Crippen LogP contribution in [0.3, 0.4) is 0 Å². The molecule has 0 saturated carbocycles. The van der Waals surface area contributed by atoms with Gasteiger partial charge in [-0.1, -0.05) is 0 Å². The highest BCUT2D eigenvalue weighted by molar-refractivity contribution is 6.44. The predicted octanol–water partition coefficient (Wildman–Crippen LogP) is 1.52. The second-order valence-electron chi connectivity index (χ2n) is 5.63. The Hall–Kier alpha value is -0.0631. The van der Waals surface area contributed by atoms with Crippen molar-refractivity contribution >= 4 is 9.28 Å². The maximum Gasteiger partial charge on any atom is 0.404 e. The van der Waals surface area contributed by atoms with Crippen LogP contribution in [0, 0.1) is 0 Å². The van der Waals surface area contributed by atoms with Crippen molar-refractivity contribution in [3.05, 3.63) is 0 Å². The Morgan fingerprint density at radius 1 is 0.917 bits per heavy atom. The van der Waals surface area contributed by atoms with Gasteiger partial charge in [0.2, 0.25) is 0 Å². The van der Waals surface area contributed by atoms with Crippen molar-refractivity contribution in [1.82, 2.24) is 10.2 Å². The van der Waals surface area contributed by atoms with E-state index in [1.807, 2.05) is 20.8 Å². The molecule has 0 aromatic heterocycles. The van der Waals surface area contributed by atoms with Crippen LogP contribution in [0.5, 0.6) is 0 Å². The van der Waals surface area contributed by atoms with Crippen molar-refractivity contribution in [2.24, 2.45) is 0 Å². The molecule has 0 saturated heterocycles. The molecule has 7 nitrogen and oxygen atoms in total. The van der Waals surface area contributed by atoms with Gasteiger partial charge in [-0.25, -0.2) is 0 Å². The number of nitrogens with zero attached hydrogens (tertiary/aromatic N) is 1. The van der Waals surface area contributed by atoms with Gasteiger partial charge in [0.1, 0.15) is 0 Å². The second-order valence-corrected chi connectivity index (χ2v) is 7.77. The number of nitrogens with one attached hydrogen (secondary N) is 1. The van der Waals surface area contributed by atoms with Crippen molar-refractivity contribution < 1.29 is 23.1 Å². The zero-order valence-electron chi connectivity index (χ0n) is 16.4. The maximum absolute atomic E-state index is 5.98. The van der Waals surface area contributed by atoms with Crippen molar-refractivity contribution in [3.8, 4) is 0 Å². The molecule has 0 bridgehead atoms. The largest absolute Gasteiger partial charge is 0.404 e. The third-order valence-corrected chi connectivity index (χ3v) is 5.21. The summed E-state index contributed by atoms with van der Waals surface area (Å²) in [7, 11) is 3.93. The Balaban J connectivity index is 4.19. The molecule has 0 aliphatic carbocycles. The minimum absolute atomic E-state index is 0.443.